The van der Waals surface area contributed by atoms with Gasteiger partial charge < -0.3 is 5.11 Å². The van der Waals surface area contributed by atoms with E-state index >= 15 is 0 Å². The van der Waals surface area contributed by atoms with Gasteiger partial charge in [0.1, 0.15) is 5.41 Å². The van der Waals surface area contributed by atoms with E-state index in [1.807, 2.05) is 6.07 Å². The number of sulfone groups is 1. The second-order valence-corrected chi connectivity index (χ2v) is 7.20. The summed E-state index contributed by atoms with van der Waals surface area (Å²) in [5, 5.41) is 18.2. The maximum absolute atomic E-state index is 11.7. The Bertz CT molecular complexity index is 622. The van der Waals surface area contributed by atoms with Gasteiger partial charge in [-0.3, -0.25) is 0 Å². The fraction of sp³-hybridized carbons (Fsp3) is 0.417. The second kappa shape index (κ2) is 4.23. The molecule has 1 aliphatic carbocycles. The number of hydrogen-bond acceptors (Lipinski definition) is 4. The Kier molecular flexibility index (Phi) is 3.14. The molecule has 1 aromatic carbocycles. The van der Waals surface area contributed by atoms with E-state index in [0.717, 1.165) is 6.26 Å². The largest absolute Gasteiger partial charge is 0.395 e. The summed E-state index contributed by atoms with van der Waals surface area (Å²) in [4.78, 5) is 0. The summed E-state index contributed by atoms with van der Waals surface area (Å²) in [6.07, 6.45) is 1.09. The van der Waals surface area contributed by atoms with Gasteiger partial charge in [0.2, 0.25) is 0 Å². The molecule has 0 aromatic heterocycles. The standard InChI is InChI=1S/C12H12ClNO3S/c1-18(16,17)11-10(12(11,6-14)7-15)8-3-2-4-9(13)5-8/h2-5,10-11,15H,7H2,1H3/t10-,11+,12+/m0/s1. The van der Waals surface area contributed by atoms with E-state index in [0.29, 0.717) is 10.6 Å². The van der Waals surface area contributed by atoms with E-state index in [1.54, 1.807) is 24.3 Å². The molecule has 0 aliphatic heterocycles. The van der Waals surface area contributed by atoms with E-state index in [1.165, 1.54) is 0 Å². The first kappa shape index (κ1) is 13.3. The van der Waals surface area contributed by atoms with Crippen LogP contribution < -0.4 is 0 Å². The molecule has 1 fully saturated rings. The number of halogens is 1. The third kappa shape index (κ3) is 1.91. The van der Waals surface area contributed by atoms with Crippen LogP contribution in [-0.2, 0) is 9.84 Å². The molecule has 0 amide bonds. The Morgan fingerprint density at radius 2 is 2.22 bits per heavy atom. The van der Waals surface area contributed by atoms with Crippen LogP contribution in [0.5, 0.6) is 0 Å². The van der Waals surface area contributed by atoms with Gasteiger partial charge in [-0.2, -0.15) is 5.26 Å². The third-order valence-corrected chi connectivity index (χ3v) is 5.25. The van der Waals surface area contributed by atoms with Gasteiger partial charge in [0.25, 0.3) is 0 Å². The zero-order chi connectivity index (χ0) is 13.6. The first-order valence-corrected chi connectivity index (χ1v) is 7.66. The molecule has 0 bridgehead atoms. The van der Waals surface area contributed by atoms with Gasteiger partial charge in [0.15, 0.2) is 9.84 Å². The van der Waals surface area contributed by atoms with E-state index in [9.17, 15) is 18.8 Å². The summed E-state index contributed by atoms with van der Waals surface area (Å²) in [7, 11) is -3.40. The minimum Gasteiger partial charge on any atom is -0.395 e. The summed E-state index contributed by atoms with van der Waals surface area (Å²) in [5.74, 6) is -0.513. The molecule has 0 spiro atoms. The van der Waals surface area contributed by atoms with Crippen molar-refractivity contribution >= 4 is 21.4 Å². The monoisotopic (exact) mass is 285 g/mol. The average Bonchev–Trinajstić information content (AvgIpc) is 2.98. The number of aliphatic hydroxyl groups excluding tert-OH is 1. The Morgan fingerprint density at radius 1 is 1.56 bits per heavy atom. The maximum Gasteiger partial charge on any atom is 0.152 e. The summed E-state index contributed by atoms with van der Waals surface area (Å²) >= 11 is 5.86. The smallest absolute Gasteiger partial charge is 0.152 e. The van der Waals surface area contributed by atoms with Gasteiger partial charge in [-0.1, -0.05) is 23.7 Å². The highest BCUT2D eigenvalue weighted by Crippen LogP contribution is 2.62. The zero-order valence-corrected chi connectivity index (χ0v) is 11.2. The summed E-state index contributed by atoms with van der Waals surface area (Å²) < 4.78 is 23.4. The highest BCUT2D eigenvalue weighted by molar-refractivity contribution is 7.91. The molecule has 3 atom stereocenters. The van der Waals surface area contributed by atoms with Crippen LogP contribution in [0.2, 0.25) is 5.02 Å². The lowest BCUT2D eigenvalue weighted by molar-refractivity contribution is 0.242. The third-order valence-electron chi connectivity index (χ3n) is 3.40. The lowest BCUT2D eigenvalue weighted by Crippen LogP contribution is -2.16. The predicted octanol–water partition coefficient (Wildman–Crippen LogP) is 1.35. The predicted molar refractivity (Wildman–Crippen MR) is 68.0 cm³/mol. The number of aliphatic hydroxyl groups is 1. The molecule has 6 heteroatoms. The average molecular weight is 286 g/mol. The van der Waals surface area contributed by atoms with Crippen molar-refractivity contribution in [1.82, 2.24) is 0 Å². The van der Waals surface area contributed by atoms with Crippen molar-refractivity contribution < 1.29 is 13.5 Å². The lowest BCUT2D eigenvalue weighted by atomic mass is 10.0. The molecule has 96 valence electrons. The van der Waals surface area contributed by atoms with E-state index in [2.05, 4.69) is 0 Å². The SMILES string of the molecule is CS(=O)(=O)[C@@H]1[C@H](c2cccc(Cl)c2)[C@@]1(C#N)CO. The van der Waals surface area contributed by atoms with E-state index in [-0.39, 0.29) is 0 Å². The van der Waals surface area contributed by atoms with Crippen molar-refractivity contribution in [2.45, 2.75) is 11.2 Å². The number of nitrogens with zero attached hydrogens (tertiary/aromatic N) is 1. The molecule has 18 heavy (non-hydrogen) atoms. The zero-order valence-electron chi connectivity index (χ0n) is 9.67. The van der Waals surface area contributed by atoms with E-state index < -0.39 is 33.0 Å². The van der Waals surface area contributed by atoms with Gasteiger partial charge >= 0.3 is 0 Å². The first-order valence-electron chi connectivity index (χ1n) is 5.33. The van der Waals surface area contributed by atoms with Crippen molar-refractivity contribution in [3.63, 3.8) is 0 Å². The number of hydrogen-bond donors (Lipinski definition) is 1. The lowest BCUT2D eigenvalue weighted by Gasteiger charge is -2.03. The summed E-state index contributed by atoms with van der Waals surface area (Å²) in [5.41, 5.74) is -0.563. The van der Waals surface area contributed by atoms with Crippen LogP contribution in [0.4, 0.5) is 0 Å². The Hall–Kier alpha value is -1.09. The normalized spacial score (nSPS) is 30.8. The number of benzene rings is 1. The van der Waals surface area contributed by atoms with Crippen LogP contribution in [0.3, 0.4) is 0 Å². The molecular weight excluding hydrogens is 274 g/mol. The van der Waals surface area contributed by atoms with Gasteiger partial charge in [0, 0.05) is 17.2 Å². The molecule has 1 aromatic rings. The van der Waals surface area contributed by atoms with Crippen LogP contribution in [0.25, 0.3) is 0 Å². The van der Waals surface area contributed by atoms with Gasteiger partial charge in [-0.25, -0.2) is 8.42 Å². The Morgan fingerprint density at radius 3 is 2.61 bits per heavy atom. The van der Waals surface area contributed by atoms with Crippen molar-refractivity contribution in [1.29, 1.82) is 5.26 Å². The molecule has 4 nitrogen and oxygen atoms in total. The topological polar surface area (TPSA) is 78.2 Å². The van der Waals surface area contributed by atoms with Crippen LogP contribution in [0, 0.1) is 16.7 Å². The molecule has 0 heterocycles. The maximum atomic E-state index is 11.7. The first-order chi connectivity index (χ1) is 8.36. The second-order valence-electron chi connectivity index (χ2n) is 4.59. The Balaban J connectivity index is 2.49. The highest BCUT2D eigenvalue weighted by Gasteiger charge is 2.70. The summed E-state index contributed by atoms with van der Waals surface area (Å²) in [6.45, 7) is -0.474. The molecule has 2 rings (SSSR count). The highest BCUT2D eigenvalue weighted by atomic mass is 35.5. The molecular formula is C12H12ClNO3S. The van der Waals surface area contributed by atoms with Crippen LogP contribution in [0.15, 0.2) is 24.3 Å². The van der Waals surface area contributed by atoms with E-state index in [4.69, 9.17) is 11.6 Å². The Labute approximate surface area is 111 Å². The van der Waals surface area contributed by atoms with Crippen molar-refractivity contribution in [3.8, 4) is 6.07 Å². The number of rotatable bonds is 3. The molecule has 0 saturated heterocycles. The molecule has 0 radical (unpaired) electrons. The minimum absolute atomic E-state index is 0.474. The quantitative estimate of drug-likeness (QED) is 0.909. The van der Waals surface area contributed by atoms with Crippen LogP contribution in [0.1, 0.15) is 11.5 Å². The molecule has 1 aliphatic rings. The van der Waals surface area contributed by atoms with Crippen molar-refractivity contribution in [2.24, 2.45) is 5.41 Å². The minimum atomic E-state index is -3.40. The van der Waals surface area contributed by atoms with Crippen LogP contribution >= 0.6 is 11.6 Å². The number of nitriles is 1. The molecule has 0 unspecified atom stereocenters. The fourth-order valence-electron chi connectivity index (χ4n) is 2.56. The van der Waals surface area contributed by atoms with Crippen LogP contribution in [-0.4, -0.2) is 31.6 Å². The van der Waals surface area contributed by atoms with Gasteiger partial charge in [0.05, 0.1) is 17.9 Å². The molecule has 1 N–H and O–H groups in total. The summed E-state index contributed by atoms with van der Waals surface area (Å²) in [6, 6.07) is 8.70. The fourth-order valence-corrected chi connectivity index (χ4v) is 4.62. The van der Waals surface area contributed by atoms with Gasteiger partial charge in [-0.15, -0.1) is 0 Å². The molecule has 1 saturated carbocycles. The van der Waals surface area contributed by atoms with Gasteiger partial charge in [-0.05, 0) is 17.7 Å². The van der Waals surface area contributed by atoms with Crippen molar-refractivity contribution in [3.05, 3.63) is 34.9 Å². The van der Waals surface area contributed by atoms with Crippen molar-refractivity contribution in [2.75, 3.05) is 12.9 Å².